The van der Waals surface area contributed by atoms with E-state index in [0.717, 1.165) is 36.3 Å². The quantitative estimate of drug-likeness (QED) is 0.855. The third-order valence-electron chi connectivity index (χ3n) is 3.86. The molecule has 1 aliphatic rings. The van der Waals surface area contributed by atoms with E-state index in [0.29, 0.717) is 0 Å². The van der Waals surface area contributed by atoms with Gasteiger partial charge in [-0.2, -0.15) is 0 Å². The predicted molar refractivity (Wildman–Crippen MR) is 67.6 cm³/mol. The molecular formula is C13H18N4. The Kier molecular flexibility index (Phi) is 2.40. The van der Waals surface area contributed by atoms with E-state index < -0.39 is 0 Å². The van der Waals surface area contributed by atoms with Gasteiger partial charge < -0.3 is 10.3 Å². The normalized spacial score (nSPS) is 18.9. The molecule has 0 amide bonds. The van der Waals surface area contributed by atoms with Crippen molar-refractivity contribution in [1.29, 1.82) is 0 Å². The van der Waals surface area contributed by atoms with Crippen molar-refractivity contribution in [3.63, 3.8) is 0 Å². The first-order valence-electron chi connectivity index (χ1n) is 6.23. The SMILES string of the molecule is Cn1c(CC2(N)CCCC2)nc2ncccc21. The highest BCUT2D eigenvalue weighted by Crippen LogP contribution is 2.30. The van der Waals surface area contributed by atoms with Gasteiger partial charge in [0, 0.05) is 25.2 Å². The van der Waals surface area contributed by atoms with E-state index in [1.54, 1.807) is 6.20 Å². The van der Waals surface area contributed by atoms with Crippen LogP contribution in [0.5, 0.6) is 0 Å². The van der Waals surface area contributed by atoms with Gasteiger partial charge in [-0.25, -0.2) is 9.97 Å². The van der Waals surface area contributed by atoms with Gasteiger partial charge >= 0.3 is 0 Å². The van der Waals surface area contributed by atoms with E-state index in [2.05, 4.69) is 20.6 Å². The molecule has 2 aromatic heterocycles. The molecule has 0 saturated heterocycles. The number of rotatable bonds is 2. The van der Waals surface area contributed by atoms with Crippen molar-refractivity contribution >= 4 is 11.2 Å². The summed E-state index contributed by atoms with van der Waals surface area (Å²) in [6.45, 7) is 0. The highest BCUT2D eigenvalue weighted by molar-refractivity contribution is 5.71. The van der Waals surface area contributed by atoms with E-state index >= 15 is 0 Å². The van der Waals surface area contributed by atoms with Crippen molar-refractivity contribution in [3.8, 4) is 0 Å². The molecule has 0 unspecified atom stereocenters. The van der Waals surface area contributed by atoms with E-state index in [9.17, 15) is 0 Å². The molecule has 1 saturated carbocycles. The van der Waals surface area contributed by atoms with Crippen LogP contribution in [0.25, 0.3) is 11.2 Å². The lowest BCUT2D eigenvalue weighted by molar-refractivity contribution is 0.422. The van der Waals surface area contributed by atoms with Crippen molar-refractivity contribution in [2.24, 2.45) is 12.8 Å². The molecule has 17 heavy (non-hydrogen) atoms. The van der Waals surface area contributed by atoms with Gasteiger partial charge in [-0.05, 0) is 25.0 Å². The maximum Gasteiger partial charge on any atom is 0.177 e. The highest BCUT2D eigenvalue weighted by Gasteiger charge is 2.31. The van der Waals surface area contributed by atoms with Crippen LogP contribution in [0.15, 0.2) is 18.3 Å². The second-order valence-corrected chi connectivity index (χ2v) is 5.18. The summed E-state index contributed by atoms with van der Waals surface area (Å²) in [5.74, 6) is 1.06. The molecular weight excluding hydrogens is 212 g/mol. The molecule has 0 aliphatic heterocycles. The van der Waals surface area contributed by atoms with E-state index in [1.807, 2.05) is 13.1 Å². The first kappa shape index (κ1) is 10.7. The third-order valence-corrected chi connectivity index (χ3v) is 3.86. The Morgan fingerprint density at radius 3 is 2.88 bits per heavy atom. The first-order chi connectivity index (χ1) is 8.18. The summed E-state index contributed by atoms with van der Waals surface area (Å²) in [6, 6.07) is 4.00. The van der Waals surface area contributed by atoms with Gasteiger partial charge in [0.1, 0.15) is 5.82 Å². The lowest BCUT2D eigenvalue weighted by atomic mass is 9.94. The Labute approximate surface area is 101 Å². The number of fused-ring (bicyclic) bond motifs is 1. The number of pyridine rings is 1. The van der Waals surface area contributed by atoms with Gasteiger partial charge in [0.15, 0.2) is 5.65 Å². The zero-order valence-corrected chi connectivity index (χ0v) is 10.2. The van der Waals surface area contributed by atoms with Crippen LogP contribution in [0.4, 0.5) is 0 Å². The molecule has 3 rings (SSSR count). The summed E-state index contributed by atoms with van der Waals surface area (Å²) in [7, 11) is 2.05. The molecule has 0 radical (unpaired) electrons. The molecule has 2 aromatic rings. The Morgan fingerprint density at radius 1 is 1.41 bits per heavy atom. The summed E-state index contributed by atoms with van der Waals surface area (Å²) in [4.78, 5) is 8.88. The molecule has 2 N–H and O–H groups in total. The summed E-state index contributed by atoms with van der Waals surface area (Å²) in [5, 5.41) is 0. The van der Waals surface area contributed by atoms with Crippen LogP contribution in [0.1, 0.15) is 31.5 Å². The summed E-state index contributed by atoms with van der Waals surface area (Å²) < 4.78 is 2.12. The second-order valence-electron chi connectivity index (χ2n) is 5.18. The standard InChI is InChI=1S/C13H18N4/c1-17-10-5-4-8-15-12(10)16-11(17)9-13(14)6-2-3-7-13/h4-5,8H,2-3,6-7,9,14H2,1H3. The summed E-state index contributed by atoms with van der Waals surface area (Å²) in [6.07, 6.45) is 7.37. The van der Waals surface area contributed by atoms with Crippen molar-refractivity contribution in [3.05, 3.63) is 24.2 Å². The van der Waals surface area contributed by atoms with Crippen LogP contribution in [0.3, 0.4) is 0 Å². The van der Waals surface area contributed by atoms with Gasteiger partial charge in [0.25, 0.3) is 0 Å². The van der Waals surface area contributed by atoms with Crippen LogP contribution in [0.2, 0.25) is 0 Å². The minimum absolute atomic E-state index is 0.0465. The largest absolute Gasteiger partial charge is 0.330 e. The number of nitrogens with zero attached hydrogens (tertiary/aromatic N) is 3. The van der Waals surface area contributed by atoms with Crippen LogP contribution in [-0.2, 0) is 13.5 Å². The zero-order chi connectivity index (χ0) is 11.9. The maximum absolute atomic E-state index is 6.41. The number of aryl methyl sites for hydroxylation is 1. The van der Waals surface area contributed by atoms with Gasteiger partial charge in [-0.3, -0.25) is 0 Å². The monoisotopic (exact) mass is 230 g/mol. The van der Waals surface area contributed by atoms with Crippen LogP contribution >= 0.6 is 0 Å². The van der Waals surface area contributed by atoms with Crippen molar-refractivity contribution < 1.29 is 0 Å². The molecule has 2 heterocycles. The molecule has 0 bridgehead atoms. The lowest BCUT2D eigenvalue weighted by Gasteiger charge is -2.22. The van der Waals surface area contributed by atoms with Crippen LogP contribution in [-0.4, -0.2) is 20.1 Å². The van der Waals surface area contributed by atoms with Gasteiger partial charge in [0.05, 0.1) is 5.52 Å². The number of hydrogen-bond acceptors (Lipinski definition) is 3. The van der Waals surface area contributed by atoms with Crippen molar-refractivity contribution in [2.75, 3.05) is 0 Å². The molecule has 4 heteroatoms. The number of aromatic nitrogens is 3. The van der Waals surface area contributed by atoms with Crippen LogP contribution < -0.4 is 5.73 Å². The number of imidazole rings is 1. The Bertz CT molecular complexity index is 537. The maximum atomic E-state index is 6.41. The summed E-state index contributed by atoms with van der Waals surface area (Å²) >= 11 is 0. The average Bonchev–Trinajstić information content (AvgIpc) is 2.86. The molecule has 0 aromatic carbocycles. The smallest absolute Gasteiger partial charge is 0.177 e. The Balaban J connectivity index is 1.97. The Morgan fingerprint density at radius 2 is 2.18 bits per heavy atom. The highest BCUT2D eigenvalue weighted by atomic mass is 15.1. The lowest BCUT2D eigenvalue weighted by Crippen LogP contribution is -2.39. The fraction of sp³-hybridized carbons (Fsp3) is 0.538. The fourth-order valence-electron chi connectivity index (χ4n) is 2.80. The molecule has 0 atom stereocenters. The molecule has 1 aliphatic carbocycles. The molecule has 90 valence electrons. The van der Waals surface area contributed by atoms with E-state index in [-0.39, 0.29) is 5.54 Å². The average molecular weight is 230 g/mol. The minimum Gasteiger partial charge on any atom is -0.330 e. The van der Waals surface area contributed by atoms with Gasteiger partial charge in [-0.15, -0.1) is 0 Å². The van der Waals surface area contributed by atoms with Crippen LogP contribution in [0, 0.1) is 0 Å². The first-order valence-corrected chi connectivity index (χ1v) is 6.23. The van der Waals surface area contributed by atoms with Gasteiger partial charge in [0.2, 0.25) is 0 Å². The number of nitrogens with two attached hydrogens (primary N) is 1. The summed E-state index contributed by atoms with van der Waals surface area (Å²) in [5.41, 5.74) is 8.27. The minimum atomic E-state index is -0.0465. The van der Waals surface area contributed by atoms with E-state index in [4.69, 9.17) is 5.73 Å². The Hall–Kier alpha value is -1.42. The fourth-order valence-corrected chi connectivity index (χ4v) is 2.80. The molecule has 1 fully saturated rings. The predicted octanol–water partition coefficient (Wildman–Crippen LogP) is 1.78. The third kappa shape index (κ3) is 1.82. The molecule has 0 spiro atoms. The molecule has 4 nitrogen and oxygen atoms in total. The second kappa shape index (κ2) is 3.81. The van der Waals surface area contributed by atoms with Crippen molar-refractivity contribution in [2.45, 2.75) is 37.6 Å². The topological polar surface area (TPSA) is 56.7 Å². The van der Waals surface area contributed by atoms with Gasteiger partial charge in [-0.1, -0.05) is 12.8 Å². The van der Waals surface area contributed by atoms with E-state index in [1.165, 1.54) is 12.8 Å². The van der Waals surface area contributed by atoms with Crippen molar-refractivity contribution in [1.82, 2.24) is 14.5 Å². The number of hydrogen-bond donors (Lipinski definition) is 1. The zero-order valence-electron chi connectivity index (χ0n) is 10.2.